The number of hydrogen-bond donors (Lipinski definition) is 1. The molecule has 1 saturated heterocycles. The summed E-state index contributed by atoms with van der Waals surface area (Å²) in [4.78, 5) is 14.0. The number of nitrogens with zero attached hydrogens (tertiary/aromatic N) is 1. The second-order valence-electron chi connectivity index (χ2n) is 4.50. The maximum atomic E-state index is 12.2. The molecule has 0 bridgehead atoms. The Kier molecular flexibility index (Phi) is 3.33. The number of nitrogens with two attached hydrogens (primary N) is 1. The van der Waals surface area contributed by atoms with Gasteiger partial charge < -0.3 is 15.4 Å². The number of likely N-dealkylation sites (N-methyl/N-ethyl adjacent to an activating group) is 1. The van der Waals surface area contributed by atoms with Crippen LogP contribution in [0.25, 0.3) is 0 Å². The van der Waals surface area contributed by atoms with Crippen molar-refractivity contribution in [2.75, 3.05) is 26.0 Å². The lowest BCUT2D eigenvalue weighted by Crippen LogP contribution is -2.37. The average Bonchev–Trinajstić information content (AvgIpc) is 2.84. The zero-order valence-electron chi connectivity index (χ0n) is 10.3. The van der Waals surface area contributed by atoms with Gasteiger partial charge in [0.25, 0.3) is 5.91 Å². The number of hydrogen-bond acceptors (Lipinski definition) is 3. The van der Waals surface area contributed by atoms with Gasteiger partial charge in [0, 0.05) is 24.9 Å². The number of ether oxygens (including phenoxy) is 1. The zero-order chi connectivity index (χ0) is 12.4. The number of nitrogen functional groups attached to an aromatic ring is 1. The van der Waals surface area contributed by atoms with Crippen LogP contribution in [0.4, 0.5) is 5.69 Å². The van der Waals surface area contributed by atoms with Crippen LogP contribution < -0.4 is 5.73 Å². The molecule has 1 unspecified atom stereocenters. The molecule has 0 spiro atoms. The standard InChI is InChI=1S/C13H18N2O2/c1-9-3-4-10(7-12(9)14)13(16)15(2)11-5-6-17-8-11/h3-4,7,11H,5-6,8,14H2,1-2H3. The molecule has 1 aliphatic heterocycles. The molecule has 92 valence electrons. The summed E-state index contributed by atoms with van der Waals surface area (Å²) in [7, 11) is 1.82. The first-order valence-electron chi connectivity index (χ1n) is 5.80. The number of aryl methyl sites for hydroxylation is 1. The molecule has 2 N–H and O–H groups in total. The predicted molar refractivity (Wildman–Crippen MR) is 66.9 cm³/mol. The molecule has 4 heteroatoms. The lowest BCUT2D eigenvalue weighted by atomic mass is 10.1. The second kappa shape index (κ2) is 4.75. The van der Waals surface area contributed by atoms with E-state index in [2.05, 4.69) is 0 Å². The Balaban J connectivity index is 2.15. The third-order valence-electron chi connectivity index (χ3n) is 3.30. The Morgan fingerprint density at radius 1 is 1.53 bits per heavy atom. The fraction of sp³-hybridized carbons (Fsp3) is 0.462. The summed E-state index contributed by atoms with van der Waals surface area (Å²) < 4.78 is 5.29. The molecular weight excluding hydrogens is 216 g/mol. The highest BCUT2D eigenvalue weighted by Gasteiger charge is 2.24. The molecule has 1 heterocycles. The Morgan fingerprint density at radius 2 is 2.29 bits per heavy atom. The average molecular weight is 234 g/mol. The van der Waals surface area contributed by atoms with Crippen LogP contribution in [0.2, 0.25) is 0 Å². The van der Waals surface area contributed by atoms with Crippen molar-refractivity contribution < 1.29 is 9.53 Å². The van der Waals surface area contributed by atoms with Crippen molar-refractivity contribution in [3.63, 3.8) is 0 Å². The van der Waals surface area contributed by atoms with Crippen LogP contribution in [0.15, 0.2) is 18.2 Å². The van der Waals surface area contributed by atoms with Crippen LogP contribution in [-0.2, 0) is 4.74 Å². The van der Waals surface area contributed by atoms with E-state index in [9.17, 15) is 4.79 Å². The molecule has 1 aromatic carbocycles. The van der Waals surface area contributed by atoms with Gasteiger partial charge in [0.05, 0.1) is 12.6 Å². The number of carbonyl (C=O) groups is 1. The fourth-order valence-corrected chi connectivity index (χ4v) is 1.97. The van der Waals surface area contributed by atoms with E-state index < -0.39 is 0 Å². The molecule has 0 aromatic heterocycles. The van der Waals surface area contributed by atoms with E-state index in [1.165, 1.54) is 0 Å². The Hall–Kier alpha value is -1.55. The van der Waals surface area contributed by atoms with Crippen LogP contribution in [0, 0.1) is 6.92 Å². The highest BCUT2D eigenvalue weighted by Crippen LogP contribution is 2.17. The molecular formula is C13H18N2O2. The van der Waals surface area contributed by atoms with Gasteiger partial charge in [-0.15, -0.1) is 0 Å². The molecule has 0 aliphatic carbocycles. The van der Waals surface area contributed by atoms with Crippen LogP contribution in [0.1, 0.15) is 22.3 Å². The largest absolute Gasteiger partial charge is 0.398 e. The van der Waals surface area contributed by atoms with E-state index in [-0.39, 0.29) is 11.9 Å². The molecule has 1 atom stereocenters. The molecule has 17 heavy (non-hydrogen) atoms. The van der Waals surface area contributed by atoms with E-state index in [1.54, 1.807) is 11.0 Å². The van der Waals surface area contributed by atoms with Gasteiger partial charge in [0.1, 0.15) is 0 Å². The highest BCUT2D eigenvalue weighted by atomic mass is 16.5. The van der Waals surface area contributed by atoms with E-state index in [1.807, 2.05) is 26.1 Å². The summed E-state index contributed by atoms with van der Waals surface area (Å²) >= 11 is 0. The maximum absolute atomic E-state index is 12.2. The third kappa shape index (κ3) is 2.42. The number of rotatable bonds is 2. The Morgan fingerprint density at radius 3 is 2.88 bits per heavy atom. The molecule has 4 nitrogen and oxygen atoms in total. The van der Waals surface area contributed by atoms with Gasteiger partial charge in [0.2, 0.25) is 0 Å². The summed E-state index contributed by atoms with van der Waals surface area (Å²) in [6.07, 6.45) is 0.906. The number of benzene rings is 1. The van der Waals surface area contributed by atoms with Gasteiger partial charge >= 0.3 is 0 Å². The smallest absolute Gasteiger partial charge is 0.254 e. The van der Waals surface area contributed by atoms with Crippen LogP contribution in [0.5, 0.6) is 0 Å². The molecule has 1 aromatic rings. The van der Waals surface area contributed by atoms with E-state index in [0.717, 1.165) is 18.6 Å². The second-order valence-corrected chi connectivity index (χ2v) is 4.50. The maximum Gasteiger partial charge on any atom is 0.254 e. The monoisotopic (exact) mass is 234 g/mol. The highest BCUT2D eigenvalue weighted by molar-refractivity contribution is 5.95. The Bertz CT molecular complexity index is 425. The first-order chi connectivity index (χ1) is 8.09. The van der Waals surface area contributed by atoms with Crippen molar-refractivity contribution in [2.45, 2.75) is 19.4 Å². The minimum absolute atomic E-state index is 0.00667. The topological polar surface area (TPSA) is 55.6 Å². The molecule has 1 fully saturated rings. The molecule has 0 radical (unpaired) electrons. The van der Waals surface area contributed by atoms with Crippen LogP contribution in [0.3, 0.4) is 0 Å². The lowest BCUT2D eigenvalue weighted by Gasteiger charge is -2.23. The fourth-order valence-electron chi connectivity index (χ4n) is 1.97. The quantitative estimate of drug-likeness (QED) is 0.788. The SMILES string of the molecule is Cc1ccc(C(=O)N(C)C2CCOC2)cc1N. The molecule has 1 amide bonds. The minimum atomic E-state index is 0.00667. The van der Waals surface area contributed by atoms with E-state index >= 15 is 0 Å². The third-order valence-corrected chi connectivity index (χ3v) is 3.30. The number of carbonyl (C=O) groups excluding carboxylic acids is 1. The van der Waals surface area contributed by atoms with Crippen molar-refractivity contribution in [1.82, 2.24) is 4.90 Å². The molecule has 1 aliphatic rings. The van der Waals surface area contributed by atoms with E-state index in [0.29, 0.717) is 17.9 Å². The van der Waals surface area contributed by atoms with Crippen molar-refractivity contribution in [3.8, 4) is 0 Å². The first-order valence-corrected chi connectivity index (χ1v) is 5.80. The van der Waals surface area contributed by atoms with Gasteiger partial charge in [0.15, 0.2) is 0 Å². The van der Waals surface area contributed by atoms with E-state index in [4.69, 9.17) is 10.5 Å². The number of anilines is 1. The predicted octanol–water partition coefficient (Wildman–Crippen LogP) is 1.44. The van der Waals surface area contributed by atoms with Crippen molar-refractivity contribution >= 4 is 11.6 Å². The summed E-state index contributed by atoms with van der Waals surface area (Å²) in [5, 5.41) is 0. The summed E-state index contributed by atoms with van der Waals surface area (Å²) in [5.74, 6) is 0.00667. The number of amides is 1. The first kappa shape index (κ1) is 11.9. The lowest BCUT2D eigenvalue weighted by molar-refractivity contribution is 0.0711. The van der Waals surface area contributed by atoms with Crippen molar-refractivity contribution in [1.29, 1.82) is 0 Å². The summed E-state index contributed by atoms with van der Waals surface area (Å²) in [6.45, 7) is 3.29. The van der Waals surface area contributed by atoms with Crippen molar-refractivity contribution in [2.24, 2.45) is 0 Å². The van der Waals surface area contributed by atoms with Crippen LogP contribution in [-0.4, -0.2) is 37.1 Å². The van der Waals surface area contributed by atoms with Crippen molar-refractivity contribution in [3.05, 3.63) is 29.3 Å². The van der Waals surface area contributed by atoms with Gasteiger partial charge in [-0.25, -0.2) is 0 Å². The van der Waals surface area contributed by atoms with Gasteiger partial charge in [-0.2, -0.15) is 0 Å². The minimum Gasteiger partial charge on any atom is -0.398 e. The Labute approximate surface area is 101 Å². The van der Waals surface area contributed by atoms with Crippen LogP contribution >= 0.6 is 0 Å². The summed E-state index contributed by atoms with van der Waals surface area (Å²) in [6, 6.07) is 5.62. The van der Waals surface area contributed by atoms with Gasteiger partial charge in [-0.1, -0.05) is 6.07 Å². The molecule has 0 saturated carbocycles. The van der Waals surface area contributed by atoms with Gasteiger partial charge in [-0.3, -0.25) is 4.79 Å². The zero-order valence-corrected chi connectivity index (χ0v) is 10.3. The normalized spacial score (nSPS) is 19.3. The summed E-state index contributed by atoms with van der Waals surface area (Å²) in [5.41, 5.74) is 8.11. The molecule has 2 rings (SSSR count). The van der Waals surface area contributed by atoms with Gasteiger partial charge in [-0.05, 0) is 31.0 Å².